The molecule has 0 aromatic rings. The van der Waals surface area contributed by atoms with Crippen molar-refractivity contribution in [1.82, 2.24) is 0 Å². The molecule has 4 aliphatic carbocycles. The molecule has 31 heavy (non-hydrogen) atoms. The third-order valence-electron chi connectivity index (χ3n) is 10.2. The summed E-state index contributed by atoms with van der Waals surface area (Å²) >= 11 is 0. The first kappa shape index (κ1) is 23.1. The number of carbonyl (C=O) groups excluding carboxylic acids is 1. The van der Waals surface area contributed by atoms with Crippen molar-refractivity contribution in [2.75, 3.05) is 0 Å². The zero-order chi connectivity index (χ0) is 22.4. The van der Waals surface area contributed by atoms with Gasteiger partial charge in [0, 0.05) is 6.92 Å². The summed E-state index contributed by atoms with van der Waals surface area (Å²) in [6.07, 6.45) is 16.7. The molecule has 0 N–H and O–H groups in total. The van der Waals surface area contributed by atoms with E-state index in [0.29, 0.717) is 16.7 Å². The second kappa shape index (κ2) is 8.71. The Morgan fingerprint density at radius 1 is 1.10 bits per heavy atom. The van der Waals surface area contributed by atoms with Gasteiger partial charge < -0.3 is 4.74 Å². The molecule has 4 rings (SSSR count). The standard InChI is InChI=1S/C29H46O2/c1-19(2)8-7-9-20(3)25-12-13-26-24-11-10-22-18-23(31-21(4)30)14-16-28(22,5)27(24)15-17-29(25,26)6/h8,20,22-23,25-26H,7,9-18H2,1-6H3. The molecule has 174 valence electrons. The van der Waals surface area contributed by atoms with Gasteiger partial charge in [-0.05, 0) is 119 Å². The summed E-state index contributed by atoms with van der Waals surface area (Å²) in [5.41, 5.74) is 6.08. The van der Waals surface area contributed by atoms with Gasteiger partial charge in [-0.1, -0.05) is 43.6 Å². The predicted molar refractivity (Wildman–Crippen MR) is 129 cm³/mol. The van der Waals surface area contributed by atoms with Crippen LogP contribution in [0.1, 0.15) is 112 Å². The van der Waals surface area contributed by atoms with E-state index in [1.54, 1.807) is 6.92 Å². The minimum atomic E-state index is -0.103. The lowest BCUT2D eigenvalue weighted by Crippen LogP contribution is -2.46. The van der Waals surface area contributed by atoms with Crippen LogP contribution in [0, 0.1) is 34.5 Å². The van der Waals surface area contributed by atoms with E-state index in [0.717, 1.165) is 30.6 Å². The van der Waals surface area contributed by atoms with Gasteiger partial charge in [0.1, 0.15) is 6.10 Å². The highest BCUT2D eigenvalue weighted by Gasteiger charge is 2.55. The summed E-state index contributed by atoms with van der Waals surface area (Å²) in [6, 6.07) is 0. The summed E-state index contributed by atoms with van der Waals surface area (Å²) in [5, 5.41) is 0. The molecule has 2 fully saturated rings. The fourth-order valence-electron chi connectivity index (χ4n) is 8.57. The molecule has 7 unspecified atom stereocenters. The normalized spacial score (nSPS) is 40.5. The average molecular weight is 427 g/mol. The minimum Gasteiger partial charge on any atom is -0.463 e. The van der Waals surface area contributed by atoms with Crippen LogP contribution < -0.4 is 0 Å². The summed E-state index contributed by atoms with van der Waals surface area (Å²) in [5.74, 6) is 3.15. The molecule has 0 aromatic carbocycles. The zero-order valence-corrected chi connectivity index (χ0v) is 21.1. The number of esters is 1. The molecule has 0 amide bonds. The lowest BCUT2D eigenvalue weighted by molar-refractivity contribution is -0.150. The Balaban J connectivity index is 1.51. The average Bonchev–Trinajstić information content (AvgIpc) is 3.05. The van der Waals surface area contributed by atoms with Crippen molar-refractivity contribution >= 4 is 5.97 Å². The second-order valence-corrected chi connectivity index (χ2v) is 12.2. The van der Waals surface area contributed by atoms with Crippen LogP contribution in [0.4, 0.5) is 0 Å². The van der Waals surface area contributed by atoms with E-state index in [9.17, 15) is 4.79 Å². The van der Waals surface area contributed by atoms with E-state index in [4.69, 9.17) is 4.74 Å². The molecular formula is C29H46O2. The number of carbonyl (C=O) groups is 1. The van der Waals surface area contributed by atoms with Gasteiger partial charge >= 0.3 is 5.97 Å². The fraction of sp³-hybridized carbons (Fsp3) is 0.828. The number of ether oxygens (including phenoxy) is 1. The molecule has 7 atom stereocenters. The van der Waals surface area contributed by atoms with Crippen LogP contribution in [0.25, 0.3) is 0 Å². The highest BCUT2D eigenvalue weighted by atomic mass is 16.5. The first-order valence-corrected chi connectivity index (χ1v) is 13.2. The molecule has 0 aromatic heterocycles. The first-order chi connectivity index (χ1) is 14.6. The maximum atomic E-state index is 11.5. The number of hydrogen-bond acceptors (Lipinski definition) is 2. The summed E-state index contributed by atoms with van der Waals surface area (Å²) in [6.45, 7) is 13.8. The van der Waals surface area contributed by atoms with Crippen LogP contribution in [-0.2, 0) is 9.53 Å². The predicted octanol–water partition coefficient (Wildman–Crippen LogP) is 8.02. The fourth-order valence-corrected chi connectivity index (χ4v) is 8.57. The topological polar surface area (TPSA) is 26.3 Å². The van der Waals surface area contributed by atoms with Gasteiger partial charge in [0.05, 0.1) is 0 Å². The van der Waals surface area contributed by atoms with Crippen LogP contribution in [-0.4, -0.2) is 12.1 Å². The molecule has 0 aliphatic heterocycles. The molecular weight excluding hydrogens is 380 g/mol. The molecule has 2 saturated carbocycles. The molecule has 2 heteroatoms. The molecule has 2 nitrogen and oxygen atoms in total. The van der Waals surface area contributed by atoms with Gasteiger partial charge in [-0.25, -0.2) is 0 Å². The number of hydrogen-bond donors (Lipinski definition) is 0. The molecule has 0 radical (unpaired) electrons. The zero-order valence-electron chi connectivity index (χ0n) is 21.1. The highest BCUT2D eigenvalue weighted by molar-refractivity contribution is 5.66. The van der Waals surface area contributed by atoms with Crippen molar-refractivity contribution in [2.24, 2.45) is 34.5 Å². The Morgan fingerprint density at radius 3 is 2.58 bits per heavy atom. The largest absolute Gasteiger partial charge is 0.463 e. The number of allylic oxidation sites excluding steroid dienone is 4. The Morgan fingerprint density at radius 2 is 1.87 bits per heavy atom. The van der Waals surface area contributed by atoms with Crippen molar-refractivity contribution in [1.29, 1.82) is 0 Å². The number of fused-ring (bicyclic) bond motifs is 4. The van der Waals surface area contributed by atoms with Crippen molar-refractivity contribution in [3.05, 3.63) is 22.8 Å². The van der Waals surface area contributed by atoms with Crippen LogP contribution in [0.15, 0.2) is 22.8 Å². The van der Waals surface area contributed by atoms with Gasteiger partial charge in [-0.2, -0.15) is 0 Å². The first-order valence-electron chi connectivity index (χ1n) is 13.2. The van der Waals surface area contributed by atoms with Gasteiger partial charge in [-0.15, -0.1) is 0 Å². The third kappa shape index (κ3) is 4.18. The quantitative estimate of drug-likeness (QED) is 0.328. The molecule has 0 heterocycles. The maximum Gasteiger partial charge on any atom is 0.302 e. The highest BCUT2D eigenvalue weighted by Crippen LogP contribution is 2.66. The van der Waals surface area contributed by atoms with Gasteiger partial charge in [0.2, 0.25) is 0 Å². The molecule has 0 saturated heterocycles. The van der Waals surface area contributed by atoms with E-state index < -0.39 is 0 Å². The lowest BCUT2D eigenvalue weighted by Gasteiger charge is -2.55. The summed E-state index contributed by atoms with van der Waals surface area (Å²) in [7, 11) is 0. The lowest BCUT2D eigenvalue weighted by atomic mass is 9.50. The van der Waals surface area contributed by atoms with E-state index in [1.807, 2.05) is 11.1 Å². The van der Waals surface area contributed by atoms with Crippen molar-refractivity contribution in [2.45, 2.75) is 118 Å². The van der Waals surface area contributed by atoms with E-state index in [2.05, 4.69) is 40.7 Å². The SMILES string of the molecule is CC(=O)OC1CCC2(C)C3=C(CCC2C1)C1CCC(C(C)CCC=C(C)C)C1(C)CC3. The Labute approximate surface area is 191 Å². The molecule has 4 aliphatic rings. The van der Waals surface area contributed by atoms with E-state index >= 15 is 0 Å². The van der Waals surface area contributed by atoms with Gasteiger partial charge in [0.15, 0.2) is 0 Å². The summed E-state index contributed by atoms with van der Waals surface area (Å²) in [4.78, 5) is 11.5. The van der Waals surface area contributed by atoms with Crippen LogP contribution in [0.3, 0.4) is 0 Å². The maximum absolute atomic E-state index is 11.5. The smallest absolute Gasteiger partial charge is 0.302 e. The van der Waals surface area contributed by atoms with E-state index in [-0.39, 0.29) is 12.1 Å². The van der Waals surface area contributed by atoms with Crippen molar-refractivity contribution in [3.63, 3.8) is 0 Å². The Hall–Kier alpha value is -1.05. The number of rotatable bonds is 5. The second-order valence-electron chi connectivity index (χ2n) is 12.2. The monoisotopic (exact) mass is 426 g/mol. The van der Waals surface area contributed by atoms with E-state index in [1.165, 1.54) is 63.4 Å². The summed E-state index contributed by atoms with van der Waals surface area (Å²) < 4.78 is 5.63. The molecule has 0 bridgehead atoms. The minimum absolute atomic E-state index is 0.103. The van der Waals surface area contributed by atoms with Crippen LogP contribution in [0.2, 0.25) is 0 Å². The van der Waals surface area contributed by atoms with Crippen molar-refractivity contribution < 1.29 is 9.53 Å². The van der Waals surface area contributed by atoms with Gasteiger partial charge in [-0.3, -0.25) is 4.79 Å². The van der Waals surface area contributed by atoms with Crippen LogP contribution >= 0.6 is 0 Å². The molecule has 0 spiro atoms. The van der Waals surface area contributed by atoms with Crippen LogP contribution in [0.5, 0.6) is 0 Å². The van der Waals surface area contributed by atoms with Crippen molar-refractivity contribution in [3.8, 4) is 0 Å². The Kier molecular flexibility index (Phi) is 6.50. The van der Waals surface area contributed by atoms with Gasteiger partial charge in [0.25, 0.3) is 0 Å². The Bertz CT molecular complexity index is 757. The third-order valence-corrected chi connectivity index (χ3v) is 10.2.